The first-order valence-electron chi connectivity index (χ1n) is 5.56. The van der Waals surface area contributed by atoms with E-state index in [4.69, 9.17) is 9.47 Å². The third-order valence-electron chi connectivity index (χ3n) is 2.91. The van der Waals surface area contributed by atoms with Crippen molar-refractivity contribution >= 4 is 5.97 Å². The van der Waals surface area contributed by atoms with Crippen LogP contribution in [0.5, 0.6) is 5.75 Å². The number of carbonyl (C=O) groups excluding carboxylic acids is 1. The van der Waals surface area contributed by atoms with Crippen LogP contribution in [0, 0.1) is 5.92 Å². The SMILES string of the molecule is CCOc1ccc(C2CC2C(=O)OC)cc1. The van der Waals surface area contributed by atoms with Gasteiger partial charge in [0.25, 0.3) is 0 Å². The molecule has 2 unspecified atom stereocenters. The van der Waals surface area contributed by atoms with E-state index in [1.54, 1.807) is 0 Å². The van der Waals surface area contributed by atoms with Gasteiger partial charge in [0.05, 0.1) is 19.6 Å². The van der Waals surface area contributed by atoms with Crippen LogP contribution in [0.15, 0.2) is 24.3 Å². The molecule has 3 heteroatoms. The maximum atomic E-state index is 11.3. The molecule has 1 aromatic rings. The highest BCUT2D eigenvalue weighted by atomic mass is 16.5. The van der Waals surface area contributed by atoms with Crippen molar-refractivity contribution in [3.05, 3.63) is 29.8 Å². The van der Waals surface area contributed by atoms with Crippen LogP contribution >= 0.6 is 0 Å². The molecule has 1 aliphatic rings. The average molecular weight is 220 g/mol. The molecule has 0 aromatic heterocycles. The standard InChI is InChI=1S/C13H16O3/c1-3-16-10-6-4-9(5-7-10)11-8-12(11)13(14)15-2/h4-7,11-12H,3,8H2,1-2H3. The Morgan fingerprint density at radius 2 is 2.06 bits per heavy atom. The lowest BCUT2D eigenvalue weighted by molar-refractivity contribution is -0.142. The Kier molecular flexibility index (Phi) is 3.13. The molecule has 0 spiro atoms. The lowest BCUT2D eigenvalue weighted by Crippen LogP contribution is -2.03. The Hall–Kier alpha value is -1.51. The van der Waals surface area contributed by atoms with E-state index in [2.05, 4.69) is 0 Å². The van der Waals surface area contributed by atoms with Crippen LogP contribution in [0.2, 0.25) is 0 Å². The molecule has 0 N–H and O–H groups in total. The molecule has 0 heterocycles. The highest BCUT2D eigenvalue weighted by Gasteiger charge is 2.44. The van der Waals surface area contributed by atoms with E-state index in [1.165, 1.54) is 12.7 Å². The van der Waals surface area contributed by atoms with Gasteiger partial charge in [-0.05, 0) is 37.0 Å². The Balaban J connectivity index is 1.99. The summed E-state index contributed by atoms with van der Waals surface area (Å²) >= 11 is 0. The first kappa shape index (κ1) is 11.0. The van der Waals surface area contributed by atoms with Crippen molar-refractivity contribution in [2.24, 2.45) is 5.92 Å². The van der Waals surface area contributed by atoms with Gasteiger partial charge in [0, 0.05) is 0 Å². The highest BCUT2D eigenvalue weighted by Crippen LogP contribution is 2.48. The van der Waals surface area contributed by atoms with Gasteiger partial charge in [0.1, 0.15) is 5.75 Å². The summed E-state index contributed by atoms with van der Waals surface area (Å²) in [5, 5.41) is 0. The van der Waals surface area contributed by atoms with Crippen LogP contribution in [0.25, 0.3) is 0 Å². The molecule has 3 nitrogen and oxygen atoms in total. The van der Waals surface area contributed by atoms with E-state index < -0.39 is 0 Å². The van der Waals surface area contributed by atoms with Crippen molar-refractivity contribution in [3.63, 3.8) is 0 Å². The van der Waals surface area contributed by atoms with Crippen LogP contribution in [-0.4, -0.2) is 19.7 Å². The van der Waals surface area contributed by atoms with Crippen LogP contribution in [0.4, 0.5) is 0 Å². The Morgan fingerprint density at radius 3 is 2.62 bits per heavy atom. The number of esters is 1. The second-order valence-corrected chi connectivity index (χ2v) is 3.97. The molecule has 1 fully saturated rings. The number of ether oxygens (including phenoxy) is 2. The average Bonchev–Trinajstić information content (AvgIpc) is 3.10. The third-order valence-corrected chi connectivity index (χ3v) is 2.91. The van der Waals surface area contributed by atoms with Gasteiger partial charge in [-0.1, -0.05) is 12.1 Å². The normalized spacial score (nSPS) is 22.6. The largest absolute Gasteiger partial charge is 0.494 e. The van der Waals surface area contributed by atoms with Gasteiger partial charge in [-0.3, -0.25) is 4.79 Å². The van der Waals surface area contributed by atoms with Gasteiger partial charge in [-0.15, -0.1) is 0 Å². The number of benzene rings is 1. The predicted octanol–water partition coefficient (Wildman–Crippen LogP) is 2.36. The fourth-order valence-electron chi connectivity index (χ4n) is 1.95. The molecule has 2 rings (SSSR count). The van der Waals surface area contributed by atoms with Crippen molar-refractivity contribution in [2.45, 2.75) is 19.3 Å². The molecule has 1 aromatic carbocycles. The smallest absolute Gasteiger partial charge is 0.309 e. The maximum Gasteiger partial charge on any atom is 0.309 e. The van der Waals surface area contributed by atoms with E-state index >= 15 is 0 Å². The number of carbonyl (C=O) groups is 1. The molecule has 1 saturated carbocycles. The number of rotatable bonds is 4. The maximum absolute atomic E-state index is 11.3. The van der Waals surface area contributed by atoms with E-state index in [-0.39, 0.29) is 11.9 Å². The summed E-state index contributed by atoms with van der Waals surface area (Å²) < 4.78 is 10.1. The van der Waals surface area contributed by atoms with Crippen LogP contribution < -0.4 is 4.74 Å². The fraction of sp³-hybridized carbons (Fsp3) is 0.462. The fourth-order valence-corrected chi connectivity index (χ4v) is 1.95. The number of methoxy groups -OCH3 is 1. The van der Waals surface area contributed by atoms with E-state index in [1.807, 2.05) is 31.2 Å². The minimum absolute atomic E-state index is 0.0583. The molecule has 0 aliphatic heterocycles. The van der Waals surface area contributed by atoms with Crippen LogP contribution in [-0.2, 0) is 9.53 Å². The zero-order valence-electron chi connectivity index (χ0n) is 9.60. The summed E-state index contributed by atoms with van der Waals surface area (Å²) in [5.41, 5.74) is 1.19. The monoisotopic (exact) mass is 220 g/mol. The second-order valence-electron chi connectivity index (χ2n) is 3.97. The molecule has 86 valence electrons. The Bertz CT molecular complexity index is 369. The Labute approximate surface area is 95.4 Å². The first-order chi connectivity index (χ1) is 7.76. The summed E-state index contributed by atoms with van der Waals surface area (Å²) in [7, 11) is 1.44. The predicted molar refractivity (Wildman–Crippen MR) is 60.5 cm³/mol. The van der Waals surface area contributed by atoms with Gasteiger partial charge >= 0.3 is 5.97 Å². The summed E-state index contributed by atoms with van der Waals surface area (Å²) in [5.74, 6) is 1.17. The van der Waals surface area contributed by atoms with Gasteiger partial charge in [0.2, 0.25) is 0 Å². The molecule has 0 bridgehead atoms. The van der Waals surface area contributed by atoms with Crippen molar-refractivity contribution in [1.82, 2.24) is 0 Å². The van der Waals surface area contributed by atoms with Crippen LogP contribution in [0.1, 0.15) is 24.8 Å². The minimum Gasteiger partial charge on any atom is -0.494 e. The van der Waals surface area contributed by atoms with Crippen molar-refractivity contribution in [1.29, 1.82) is 0 Å². The van der Waals surface area contributed by atoms with Gasteiger partial charge in [0.15, 0.2) is 0 Å². The molecule has 0 saturated heterocycles. The molecule has 0 amide bonds. The molecule has 1 aliphatic carbocycles. The molecule has 2 atom stereocenters. The van der Waals surface area contributed by atoms with Gasteiger partial charge in [-0.2, -0.15) is 0 Å². The molecule has 0 radical (unpaired) electrons. The van der Waals surface area contributed by atoms with Gasteiger partial charge < -0.3 is 9.47 Å². The highest BCUT2D eigenvalue weighted by molar-refractivity contribution is 5.77. The summed E-state index contributed by atoms with van der Waals surface area (Å²) in [4.78, 5) is 11.3. The van der Waals surface area contributed by atoms with Gasteiger partial charge in [-0.25, -0.2) is 0 Å². The van der Waals surface area contributed by atoms with Crippen molar-refractivity contribution in [3.8, 4) is 5.75 Å². The number of hydrogen-bond acceptors (Lipinski definition) is 3. The van der Waals surface area contributed by atoms with E-state index in [9.17, 15) is 4.79 Å². The topological polar surface area (TPSA) is 35.5 Å². The summed E-state index contributed by atoms with van der Waals surface area (Å²) in [6.07, 6.45) is 0.903. The van der Waals surface area contributed by atoms with E-state index in [0.717, 1.165) is 12.2 Å². The summed E-state index contributed by atoms with van der Waals surface area (Å²) in [6, 6.07) is 7.95. The van der Waals surface area contributed by atoms with Crippen molar-refractivity contribution in [2.75, 3.05) is 13.7 Å². The third kappa shape index (κ3) is 2.18. The minimum atomic E-state index is -0.0983. The van der Waals surface area contributed by atoms with E-state index in [0.29, 0.717) is 12.5 Å². The molecular weight excluding hydrogens is 204 g/mol. The summed E-state index contributed by atoms with van der Waals surface area (Å²) in [6.45, 7) is 2.63. The zero-order chi connectivity index (χ0) is 11.5. The lowest BCUT2D eigenvalue weighted by atomic mass is 10.1. The number of hydrogen-bond donors (Lipinski definition) is 0. The van der Waals surface area contributed by atoms with Crippen molar-refractivity contribution < 1.29 is 14.3 Å². The Morgan fingerprint density at radius 1 is 1.38 bits per heavy atom. The quantitative estimate of drug-likeness (QED) is 0.731. The molecule has 16 heavy (non-hydrogen) atoms. The van der Waals surface area contributed by atoms with Crippen LogP contribution in [0.3, 0.4) is 0 Å². The lowest BCUT2D eigenvalue weighted by Gasteiger charge is -2.04. The second kappa shape index (κ2) is 4.56. The first-order valence-corrected chi connectivity index (χ1v) is 5.56. The zero-order valence-corrected chi connectivity index (χ0v) is 9.60. The molecular formula is C13H16O3.